The molecule has 1 aromatic heterocycles. The van der Waals surface area contributed by atoms with Crippen molar-refractivity contribution in [3.63, 3.8) is 0 Å². The van der Waals surface area contributed by atoms with E-state index in [0.717, 1.165) is 22.4 Å². The molecule has 0 saturated carbocycles. The van der Waals surface area contributed by atoms with Gasteiger partial charge in [0.05, 0.1) is 5.69 Å². The zero-order chi connectivity index (χ0) is 11.9. The predicted octanol–water partition coefficient (Wildman–Crippen LogP) is 2.94. The lowest BCUT2D eigenvalue weighted by Crippen LogP contribution is -1.98. The van der Waals surface area contributed by atoms with Crippen molar-refractivity contribution in [3.05, 3.63) is 34.5 Å². The molecule has 2 N–H and O–H groups in total. The Kier molecular flexibility index (Phi) is 2.64. The summed E-state index contributed by atoms with van der Waals surface area (Å²) in [5.41, 5.74) is 9.88. The second-order valence-electron chi connectivity index (χ2n) is 3.95. The van der Waals surface area contributed by atoms with Gasteiger partial charge in [-0.3, -0.25) is 4.68 Å². The third kappa shape index (κ3) is 1.67. The average molecular weight is 236 g/mol. The maximum Gasteiger partial charge on any atom is 0.129 e. The molecule has 4 heteroatoms. The van der Waals surface area contributed by atoms with E-state index in [1.807, 2.05) is 39.1 Å². The molecule has 0 aliphatic carbocycles. The van der Waals surface area contributed by atoms with Gasteiger partial charge >= 0.3 is 0 Å². The van der Waals surface area contributed by atoms with Crippen LogP contribution in [0.25, 0.3) is 11.1 Å². The summed E-state index contributed by atoms with van der Waals surface area (Å²) in [6.07, 6.45) is 0. The first kappa shape index (κ1) is 11.0. The van der Waals surface area contributed by atoms with Crippen LogP contribution in [0, 0.1) is 13.8 Å². The fourth-order valence-electron chi connectivity index (χ4n) is 1.83. The summed E-state index contributed by atoms with van der Waals surface area (Å²) in [4.78, 5) is 0. The molecule has 0 fully saturated rings. The minimum atomic E-state index is 0.642. The van der Waals surface area contributed by atoms with E-state index in [0.29, 0.717) is 10.8 Å². The maximum atomic E-state index is 6.22. The lowest BCUT2D eigenvalue weighted by molar-refractivity contribution is 0.767. The molecular formula is C12H14ClN3. The Morgan fingerprint density at radius 2 is 2.00 bits per heavy atom. The molecule has 0 unspecified atom stereocenters. The molecule has 0 bridgehead atoms. The van der Waals surface area contributed by atoms with E-state index in [2.05, 4.69) is 5.10 Å². The molecule has 1 aromatic carbocycles. The molecule has 0 aliphatic rings. The van der Waals surface area contributed by atoms with Gasteiger partial charge in [-0.1, -0.05) is 23.7 Å². The molecule has 0 atom stereocenters. The minimum absolute atomic E-state index is 0.642. The summed E-state index contributed by atoms with van der Waals surface area (Å²) < 4.78 is 1.67. The number of aromatic nitrogens is 2. The molecule has 84 valence electrons. The number of aryl methyl sites for hydroxylation is 3. The highest BCUT2D eigenvalue weighted by Gasteiger charge is 2.14. The Morgan fingerprint density at radius 3 is 2.50 bits per heavy atom. The quantitative estimate of drug-likeness (QED) is 0.826. The molecular weight excluding hydrogens is 222 g/mol. The lowest BCUT2D eigenvalue weighted by Gasteiger charge is -2.05. The number of nitrogens with two attached hydrogens (primary N) is 1. The van der Waals surface area contributed by atoms with Gasteiger partial charge in [0.1, 0.15) is 5.82 Å². The van der Waals surface area contributed by atoms with Crippen LogP contribution in [0.15, 0.2) is 18.2 Å². The summed E-state index contributed by atoms with van der Waals surface area (Å²) in [6, 6.07) is 5.94. The highest BCUT2D eigenvalue weighted by molar-refractivity contribution is 6.33. The van der Waals surface area contributed by atoms with Crippen molar-refractivity contribution in [2.75, 3.05) is 5.73 Å². The van der Waals surface area contributed by atoms with E-state index in [9.17, 15) is 0 Å². The van der Waals surface area contributed by atoms with E-state index in [-0.39, 0.29) is 0 Å². The number of hydrogen-bond acceptors (Lipinski definition) is 2. The molecule has 16 heavy (non-hydrogen) atoms. The molecule has 0 saturated heterocycles. The standard InChI is InChI=1S/C12H14ClN3/c1-7-4-5-9(10(13)6-7)11-8(2)15-16(3)12(11)14/h4-6H,14H2,1-3H3. The number of anilines is 1. The minimum Gasteiger partial charge on any atom is -0.383 e. The first-order valence-corrected chi connectivity index (χ1v) is 5.44. The highest BCUT2D eigenvalue weighted by atomic mass is 35.5. The van der Waals surface area contributed by atoms with Gasteiger partial charge in [-0.05, 0) is 25.5 Å². The van der Waals surface area contributed by atoms with E-state index in [1.165, 1.54) is 0 Å². The Hall–Kier alpha value is -1.48. The SMILES string of the molecule is Cc1ccc(-c2c(C)nn(C)c2N)c(Cl)c1. The lowest BCUT2D eigenvalue weighted by atomic mass is 10.0. The van der Waals surface area contributed by atoms with Crippen LogP contribution < -0.4 is 5.73 Å². The molecule has 2 rings (SSSR count). The topological polar surface area (TPSA) is 43.8 Å². The normalized spacial score (nSPS) is 10.8. The average Bonchev–Trinajstić information content (AvgIpc) is 2.43. The van der Waals surface area contributed by atoms with Gasteiger partial charge in [0.25, 0.3) is 0 Å². The van der Waals surface area contributed by atoms with Crippen LogP contribution in [0.2, 0.25) is 5.02 Å². The molecule has 0 amide bonds. The summed E-state index contributed by atoms with van der Waals surface area (Å²) in [5, 5.41) is 4.99. The number of nitrogen functional groups attached to an aromatic ring is 1. The van der Waals surface area contributed by atoms with E-state index < -0.39 is 0 Å². The van der Waals surface area contributed by atoms with Gasteiger partial charge in [-0.15, -0.1) is 0 Å². The van der Waals surface area contributed by atoms with E-state index in [1.54, 1.807) is 4.68 Å². The van der Waals surface area contributed by atoms with Crippen molar-refractivity contribution in [1.82, 2.24) is 9.78 Å². The maximum absolute atomic E-state index is 6.22. The van der Waals surface area contributed by atoms with E-state index in [4.69, 9.17) is 17.3 Å². The monoisotopic (exact) mass is 235 g/mol. The molecule has 2 aromatic rings. The molecule has 3 nitrogen and oxygen atoms in total. The third-order valence-electron chi connectivity index (χ3n) is 2.66. The Morgan fingerprint density at radius 1 is 1.31 bits per heavy atom. The molecule has 0 radical (unpaired) electrons. The van der Waals surface area contributed by atoms with Gasteiger partial charge in [-0.25, -0.2) is 0 Å². The Bertz CT molecular complexity index is 543. The summed E-state index contributed by atoms with van der Waals surface area (Å²) >= 11 is 6.22. The van der Waals surface area contributed by atoms with Gasteiger partial charge in [-0.2, -0.15) is 5.10 Å². The van der Waals surface area contributed by atoms with Crippen molar-refractivity contribution < 1.29 is 0 Å². The highest BCUT2D eigenvalue weighted by Crippen LogP contribution is 2.34. The third-order valence-corrected chi connectivity index (χ3v) is 2.97. The Balaban J connectivity index is 2.67. The summed E-state index contributed by atoms with van der Waals surface area (Å²) in [7, 11) is 1.83. The fraction of sp³-hybridized carbons (Fsp3) is 0.250. The van der Waals surface area contributed by atoms with Crippen molar-refractivity contribution in [3.8, 4) is 11.1 Å². The first-order valence-electron chi connectivity index (χ1n) is 5.06. The Labute approximate surface area is 99.8 Å². The largest absolute Gasteiger partial charge is 0.383 e. The second kappa shape index (κ2) is 3.83. The number of hydrogen-bond donors (Lipinski definition) is 1. The number of benzene rings is 1. The second-order valence-corrected chi connectivity index (χ2v) is 4.36. The van der Waals surface area contributed by atoms with Crippen LogP contribution in [-0.2, 0) is 7.05 Å². The van der Waals surface area contributed by atoms with Crippen molar-refractivity contribution in [1.29, 1.82) is 0 Å². The van der Waals surface area contributed by atoms with Gasteiger partial charge in [0.2, 0.25) is 0 Å². The van der Waals surface area contributed by atoms with Gasteiger partial charge in [0, 0.05) is 23.2 Å². The van der Waals surface area contributed by atoms with Crippen molar-refractivity contribution in [2.45, 2.75) is 13.8 Å². The molecule has 1 heterocycles. The van der Waals surface area contributed by atoms with Crippen LogP contribution >= 0.6 is 11.6 Å². The van der Waals surface area contributed by atoms with Crippen LogP contribution in [0.5, 0.6) is 0 Å². The molecule has 0 aliphatic heterocycles. The smallest absolute Gasteiger partial charge is 0.129 e. The van der Waals surface area contributed by atoms with Gasteiger partial charge < -0.3 is 5.73 Å². The number of halogens is 1. The van der Waals surface area contributed by atoms with Crippen LogP contribution in [0.1, 0.15) is 11.3 Å². The zero-order valence-corrected chi connectivity index (χ0v) is 10.3. The number of nitrogens with zero attached hydrogens (tertiary/aromatic N) is 2. The van der Waals surface area contributed by atoms with Crippen molar-refractivity contribution in [2.24, 2.45) is 7.05 Å². The van der Waals surface area contributed by atoms with Gasteiger partial charge in [0.15, 0.2) is 0 Å². The summed E-state index contributed by atoms with van der Waals surface area (Å²) in [5.74, 6) is 0.642. The van der Waals surface area contributed by atoms with Crippen LogP contribution in [-0.4, -0.2) is 9.78 Å². The van der Waals surface area contributed by atoms with Crippen molar-refractivity contribution >= 4 is 17.4 Å². The zero-order valence-electron chi connectivity index (χ0n) is 9.58. The van der Waals surface area contributed by atoms with E-state index >= 15 is 0 Å². The van der Waals surface area contributed by atoms with Crippen LogP contribution in [0.3, 0.4) is 0 Å². The molecule has 0 spiro atoms. The summed E-state index contributed by atoms with van der Waals surface area (Å²) in [6.45, 7) is 3.94. The first-order chi connectivity index (χ1) is 7.50. The predicted molar refractivity (Wildman–Crippen MR) is 67.5 cm³/mol. The fourth-order valence-corrected chi connectivity index (χ4v) is 2.16. The number of rotatable bonds is 1. The van der Waals surface area contributed by atoms with Crippen LogP contribution in [0.4, 0.5) is 5.82 Å².